The lowest BCUT2D eigenvalue weighted by Gasteiger charge is -2.05. The van der Waals surface area contributed by atoms with Crippen LogP contribution in [0, 0.1) is 13.8 Å². The fraction of sp³-hybridized carbons (Fsp3) is 0.357. The number of aryl methyl sites for hydroxylation is 2. The van der Waals surface area contributed by atoms with Gasteiger partial charge in [-0.15, -0.1) is 11.3 Å². The first-order chi connectivity index (χ1) is 8.52. The smallest absolute Gasteiger partial charge is 0.123 e. The minimum Gasteiger partial charge on any atom is -0.496 e. The summed E-state index contributed by atoms with van der Waals surface area (Å²) in [5, 5.41) is 1.02. The molecule has 1 heterocycles. The third-order valence-corrected chi connectivity index (χ3v) is 4.30. The van der Waals surface area contributed by atoms with Crippen LogP contribution in [0.5, 0.6) is 5.75 Å². The lowest BCUT2D eigenvalue weighted by molar-refractivity contribution is 0.412. The third kappa shape index (κ3) is 2.40. The monoisotopic (exact) mass is 262 g/mol. The third-order valence-electron chi connectivity index (χ3n) is 2.89. The van der Waals surface area contributed by atoms with Crippen molar-refractivity contribution in [1.82, 2.24) is 4.98 Å². The summed E-state index contributed by atoms with van der Waals surface area (Å²) >= 11 is 1.67. The zero-order valence-corrected chi connectivity index (χ0v) is 12.0. The molecule has 0 saturated heterocycles. The maximum absolute atomic E-state index is 5.93. The molecule has 1 unspecified atom stereocenters. The van der Waals surface area contributed by atoms with E-state index in [1.54, 1.807) is 18.4 Å². The van der Waals surface area contributed by atoms with Crippen molar-refractivity contribution < 1.29 is 4.74 Å². The van der Waals surface area contributed by atoms with Gasteiger partial charge in [-0.25, -0.2) is 4.98 Å². The fourth-order valence-corrected chi connectivity index (χ4v) is 2.98. The highest BCUT2D eigenvalue weighted by molar-refractivity contribution is 7.15. The van der Waals surface area contributed by atoms with Crippen LogP contribution in [0.2, 0.25) is 0 Å². The van der Waals surface area contributed by atoms with E-state index in [9.17, 15) is 0 Å². The Kier molecular flexibility index (Phi) is 3.68. The van der Waals surface area contributed by atoms with Gasteiger partial charge in [-0.3, -0.25) is 0 Å². The number of methoxy groups -OCH3 is 1. The predicted molar refractivity (Wildman–Crippen MR) is 76.2 cm³/mol. The first kappa shape index (κ1) is 13.1. The second-order valence-electron chi connectivity index (χ2n) is 4.44. The van der Waals surface area contributed by atoms with Crippen molar-refractivity contribution in [3.05, 3.63) is 34.3 Å². The maximum atomic E-state index is 5.93. The van der Waals surface area contributed by atoms with Gasteiger partial charge in [-0.1, -0.05) is 0 Å². The van der Waals surface area contributed by atoms with Gasteiger partial charge in [0.2, 0.25) is 0 Å². The van der Waals surface area contributed by atoms with E-state index in [0.29, 0.717) is 0 Å². The normalized spacial score (nSPS) is 12.5. The summed E-state index contributed by atoms with van der Waals surface area (Å²) in [6, 6.07) is 6.15. The minimum atomic E-state index is 0.0376. The Hall–Kier alpha value is -1.39. The minimum absolute atomic E-state index is 0.0376. The number of benzene rings is 1. The molecule has 0 aliphatic carbocycles. The molecule has 0 saturated carbocycles. The molecule has 1 atom stereocenters. The molecular formula is C14H18N2OS. The highest BCUT2D eigenvalue weighted by atomic mass is 32.1. The van der Waals surface area contributed by atoms with Gasteiger partial charge in [0.05, 0.1) is 12.8 Å². The Bertz CT molecular complexity index is 561. The molecular weight excluding hydrogens is 244 g/mol. The molecule has 96 valence electrons. The number of nitrogens with two attached hydrogens (primary N) is 1. The molecule has 18 heavy (non-hydrogen) atoms. The molecule has 3 nitrogen and oxygen atoms in total. The van der Waals surface area contributed by atoms with E-state index in [-0.39, 0.29) is 6.04 Å². The molecule has 1 aromatic carbocycles. The number of thiazole rings is 1. The van der Waals surface area contributed by atoms with E-state index in [0.717, 1.165) is 32.5 Å². The largest absolute Gasteiger partial charge is 0.496 e. The lowest BCUT2D eigenvalue weighted by atomic mass is 10.1. The Morgan fingerprint density at radius 2 is 2.06 bits per heavy atom. The van der Waals surface area contributed by atoms with Crippen molar-refractivity contribution in [3.63, 3.8) is 0 Å². The summed E-state index contributed by atoms with van der Waals surface area (Å²) in [4.78, 5) is 5.75. The Morgan fingerprint density at radius 1 is 1.33 bits per heavy atom. The Morgan fingerprint density at radius 3 is 2.56 bits per heavy atom. The van der Waals surface area contributed by atoms with E-state index in [2.05, 4.69) is 11.1 Å². The van der Waals surface area contributed by atoms with Crippen molar-refractivity contribution in [1.29, 1.82) is 0 Å². The van der Waals surface area contributed by atoms with Gasteiger partial charge < -0.3 is 10.5 Å². The van der Waals surface area contributed by atoms with Crippen LogP contribution in [-0.2, 0) is 0 Å². The summed E-state index contributed by atoms with van der Waals surface area (Å²) in [7, 11) is 1.68. The second kappa shape index (κ2) is 5.08. The molecule has 0 aliphatic heterocycles. The van der Waals surface area contributed by atoms with Crippen molar-refractivity contribution in [2.24, 2.45) is 5.73 Å². The summed E-state index contributed by atoms with van der Waals surface area (Å²) in [5.74, 6) is 0.902. The van der Waals surface area contributed by atoms with Gasteiger partial charge in [0, 0.05) is 16.5 Å². The molecule has 2 aromatic rings. The van der Waals surface area contributed by atoms with E-state index < -0.39 is 0 Å². The molecule has 0 fully saturated rings. The van der Waals surface area contributed by atoms with Gasteiger partial charge in [0.1, 0.15) is 10.8 Å². The van der Waals surface area contributed by atoms with Crippen LogP contribution in [0.4, 0.5) is 0 Å². The van der Waals surface area contributed by atoms with Gasteiger partial charge in [0.25, 0.3) is 0 Å². The van der Waals surface area contributed by atoms with Crippen LogP contribution in [0.3, 0.4) is 0 Å². The highest BCUT2D eigenvalue weighted by Crippen LogP contribution is 2.32. The molecule has 0 bridgehead atoms. The number of ether oxygens (including phenoxy) is 1. The lowest BCUT2D eigenvalue weighted by Crippen LogP contribution is -2.03. The standard InChI is InChI=1S/C14H18N2OS/c1-8-7-11(5-6-12(8)17-4)14-16-10(3)13(18-14)9(2)15/h5-7,9H,15H2,1-4H3. The van der Waals surface area contributed by atoms with Crippen LogP contribution in [0.25, 0.3) is 10.6 Å². The zero-order valence-electron chi connectivity index (χ0n) is 11.2. The number of nitrogens with zero attached hydrogens (tertiary/aromatic N) is 1. The summed E-state index contributed by atoms with van der Waals surface area (Å²) in [5.41, 5.74) is 9.19. The molecule has 2 rings (SSSR count). The fourth-order valence-electron chi connectivity index (χ4n) is 1.97. The molecule has 0 aliphatic rings. The average molecular weight is 262 g/mol. The Balaban J connectivity index is 2.43. The van der Waals surface area contributed by atoms with E-state index in [4.69, 9.17) is 10.5 Å². The second-order valence-corrected chi connectivity index (χ2v) is 5.47. The van der Waals surface area contributed by atoms with E-state index in [1.807, 2.05) is 32.9 Å². The number of hydrogen-bond donors (Lipinski definition) is 1. The van der Waals surface area contributed by atoms with Crippen LogP contribution < -0.4 is 10.5 Å². The van der Waals surface area contributed by atoms with Crippen LogP contribution >= 0.6 is 11.3 Å². The summed E-state index contributed by atoms with van der Waals surface area (Å²) < 4.78 is 5.27. The first-order valence-corrected chi connectivity index (χ1v) is 6.72. The Labute approximate surface area is 112 Å². The molecule has 0 spiro atoms. The van der Waals surface area contributed by atoms with Crippen molar-refractivity contribution >= 4 is 11.3 Å². The van der Waals surface area contributed by atoms with Gasteiger partial charge in [-0.2, -0.15) is 0 Å². The van der Waals surface area contributed by atoms with E-state index in [1.165, 1.54) is 0 Å². The van der Waals surface area contributed by atoms with Crippen LogP contribution in [0.1, 0.15) is 29.1 Å². The molecule has 4 heteroatoms. The van der Waals surface area contributed by atoms with Gasteiger partial charge in [0.15, 0.2) is 0 Å². The summed E-state index contributed by atoms with van der Waals surface area (Å²) in [6.07, 6.45) is 0. The quantitative estimate of drug-likeness (QED) is 0.921. The predicted octanol–water partition coefficient (Wildman–Crippen LogP) is 3.46. The molecule has 0 radical (unpaired) electrons. The number of rotatable bonds is 3. The maximum Gasteiger partial charge on any atom is 0.123 e. The first-order valence-electron chi connectivity index (χ1n) is 5.91. The SMILES string of the molecule is COc1ccc(-c2nc(C)c(C(C)N)s2)cc1C. The highest BCUT2D eigenvalue weighted by Gasteiger charge is 2.13. The average Bonchev–Trinajstić information content (AvgIpc) is 2.71. The topological polar surface area (TPSA) is 48.1 Å². The van der Waals surface area contributed by atoms with Crippen molar-refractivity contribution in [3.8, 4) is 16.3 Å². The number of aromatic nitrogens is 1. The van der Waals surface area contributed by atoms with Gasteiger partial charge in [-0.05, 0) is 44.5 Å². The molecule has 0 amide bonds. The number of hydrogen-bond acceptors (Lipinski definition) is 4. The van der Waals surface area contributed by atoms with Crippen molar-refractivity contribution in [2.45, 2.75) is 26.8 Å². The van der Waals surface area contributed by atoms with Crippen molar-refractivity contribution in [2.75, 3.05) is 7.11 Å². The van der Waals surface area contributed by atoms with Gasteiger partial charge >= 0.3 is 0 Å². The molecule has 2 N–H and O–H groups in total. The summed E-state index contributed by atoms with van der Waals surface area (Å²) in [6.45, 7) is 6.04. The van der Waals surface area contributed by atoms with Crippen LogP contribution in [-0.4, -0.2) is 12.1 Å². The zero-order chi connectivity index (χ0) is 13.3. The van der Waals surface area contributed by atoms with E-state index >= 15 is 0 Å². The molecule has 1 aromatic heterocycles. The van der Waals surface area contributed by atoms with Crippen LogP contribution in [0.15, 0.2) is 18.2 Å².